The van der Waals surface area contributed by atoms with Crippen LogP contribution < -0.4 is 0 Å². The van der Waals surface area contributed by atoms with E-state index in [1.54, 1.807) is 36.4 Å². The van der Waals surface area contributed by atoms with Crippen LogP contribution in [0.15, 0.2) is 97.1 Å². The van der Waals surface area contributed by atoms with Crippen molar-refractivity contribution >= 4 is 12.2 Å². The van der Waals surface area contributed by atoms with E-state index in [1.807, 2.05) is 6.07 Å². The molecule has 0 amide bonds. The molecule has 4 aromatic rings. The number of halogens is 2. The minimum absolute atomic E-state index is 0.240. The van der Waals surface area contributed by atoms with Crippen molar-refractivity contribution in [1.82, 2.24) is 0 Å². The summed E-state index contributed by atoms with van der Waals surface area (Å²) in [6.07, 6.45) is 6.19. The Morgan fingerprint density at radius 2 is 1.30 bits per heavy atom. The molecule has 1 unspecified atom stereocenters. The lowest BCUT2D eigenvalue weighted by atomic mass is 9.93. The van der Waals surface area contributed by atoms with E-state index < -0.39 is 0 Å². The van der Waals surface area contributed by atoms with Crippen molar-refractivity contribution in [2.45, 2.75) is 32.1 Å². The van der Waals surface area contributed by atoms with Gasteiger partial charge in [0.15, 0.2) is 0 Å². The molecule has 0 radical (unpaired) electrons. The second kappa shape index (κ2) is 10.9. The van der Waals surface area contributed by atoms with Crippen molar-refractivity contribution in [2.24, 2.45) is 0 Å². The lowest BCUT2D eigenvalue weighted by Crippen LogP contribution is -1.99. The fourth-order valence-electron chi connectivity index (χ4n) is 4.00. The molecule has 33 heavy (non-hydrogen) atoms. The van der Waals surface area contributed by atoms with Crippen LogP contribution in [-0.2, 0) is 19.3 Å². The van der Waals surface area contributed by atoms with Gasteiger partial charge in [0.05, 0.1) is 0 Å². The summed E-state index contributed by atoms with van der Waals surface area (Å²) < 4.78 is 27.5. The van der Waals surface area contributed by atoms with Gasteiger partial charge in [-0.1, -0.05) is 97.9 Å². The lowest BCUT2D eigenvalue weighted by molar-refractivity contribution is 0.622. The van der Waals surface area contributed by atoms with Gasteiger partial charge >= 0.3 is 0 Å². The monoisotopic (exact) mass is 438 g/mol. The second-order valence-electron chi connectivity index (χ2n) is 8.57. The Bertz CT molecular complexity index is 1190. The third-order valence-corrected chi connectivity index (χ3v) is 6.03. The third-order valence-electron chi connectivity index (χ3n) is 6.03. The van der Waals surface area contributed by atoms with E-state index in [2.05, 4.69) is 61.5 Å². The topological polar surface area (TPSA) is 0 Å². The average molecular weight is 439 g/mol. The fourth-order valence-corrected chi connectivity index (χ4v) is 4.00. The highest BCUT2D eigenvalue weighted by Gasteiger charge is 2.07. The van der Waals surface area contributed by atoms with E-state index in [0.717, 1.165) is 30.4 Å². The first kappa shape index (κ1) is 22.7. The van der Waals surface area contributed by atoms with E-state index in [9.17, 15) is 8.78 Å². The van der Waals surface area contributed by atoms with E-state index >= 15 is 0 Å². The van der Waals surface area contributed by atoms with Crippen LogP contribution in [0.25, 0.3) is 12.2 Å². The highest BCUT2D eigenvalue weighted by Crippen LogP contribution is 2.21. The van der Waals surface area contributed by atoms with Crippen molar-refractivity contribution in [2.75, 3.05) is 0 Å². The maximum atomic E-state index is 14.5. The number of rotatable bonds is 8. The lowest BCUT2D eigenvalue weighted by Gasteiger charge is -2.12. The SMILES string of the molecule is CC(Cc1ccc(CCc2ccc(/C=C/c3ccc(F)cc3)c(F)c2)cc1)c1ccccc1. The molecular weight excluding hydrogens is 410 g/mol. The van der Waals surface area contributed by atoms with Crippen LogP contribution in [0.4, 0.5) is 8.78 Å². The summed E-state index contributed by atoms with van der Waals surface area (Å²) in [6, 6.07) is 30.9. The van der Waals surface area contributed by atoms with Crippen LogP contribution in [0.2, 0.25) is 0 Å². The summed E-state index contributed by atoms with van der Waals surface area (Å²) in [4.78, 5) is 0. The molecule has 2 heteroatoms. The molecule has 0 fully saturated rings. The van der Waals surface area contributed by atoms with Crippen molar-refractivity contribution in [3.63, 3.8) is 0 Å². The zero-order valence-electron chi connectivity index (χ0n) is 18.8. The largest absolute Gasteiger partial charge is 0.207 e. The summed E-state index contributed by atoms with van der Waals surface area (Å²) in [5.41, 5.74) is 6.29. The first-order valence-electron chi connectivity index (χ1n) is 11.4. The van der Waals surface area contributed by atoms with Gasteiger partial charge in [-0.15, -0.1) is 0 Å². The van der Waals surface area contributed by atoms with Crippen LogP contribution in [0, 0.1) is 11.6 Å². The number of aryl methyl sites for hydroxylation is 2. The first-order chi connectivity index (χ1) is 16.1. The van der Waals surface area contributed by atoms with Gasteiger partial charge in [0, 0.05) is 5.56 Å². The molecule has 1 atom stereocenters. The van der Waals surface area contributed by atoms with Crippen molar-refractivity contribution in [3.05, 3.63) is 142 Å². The van der Waals surface area contributed by atoms with E-state index in [-0.39, 0.29) is 11.6 Å². The van der Waals surface area contributed by atoms with Crippen molar-refractivity contribution in [1.29, 1.82) is 0 Å². The van der Waals surface area contributed by atoms with E-state index in [1.165, 1.54) is 28.8 Å². The Morgan fingerprint density at radius 3 is 2.00 bits per heavy atom. The number of hydrogen-bond acceptors (Lipinski definition) is 0. The smallest absolute Gasteiger partial charge is 0.130 e. The molecule has 0 aliphatic carbocycles. The van der Waals surface area contributed by atoms with Crippen LogP contribution in [0.1, 0.15) is 46.2 Å². The fraction of sp³-hybridized carbons (Fsp3) is 0.161. The predicted octanol–water partition coefficient (Wildman–Crippen LogP) is 8.27. The Morgan fingerprint density at radius 1 is 0.667 bits per heavy atom. The molecule has 0 heterocycles. The van der Waals surface area contributed by atoms with E-state index in [4.69, 9.17) is 0 Å². The molecule has 0 spiro atoms. The standard InChI is InChI=1S/C31H28F2/c1-23(28-5-3-2-4-6-28)21-26-10-7-24(8-11-26)9-12-27-14-18-29(31(33)22-27)17-13-25-15-19-30(32)20-16-25/h2-8,10-11,13-20,22-23H,9,12,21H2,1H3/b17-13+. The van der Waals surface area contributed by atoms with Crippen molar-refractivity contribution < 1.29 is 8.78 Å². The summed E-state index contributed by atoms with van der Waals surface area (Å²) >= 11 is 0. The molecule has 4 aromatic carbocycles. The highest BCUT2D eigenvalue weighted by molar-refractivity contribution is 5.69. The Labute approximate surface area is 195 Å². The molecule has 0 nitrogen and oxygen atoms in total. The molecule has 166 valence electrons. The quantitative estimate of drug-likeness (QED) is 0.243. The molecule has 0 aliphatic rings. The third kappa shape index (κ3) is 6.49. The number of benzene rings is 4. The Kier molecular flexibility index (Phi) is 7.47. The maximum absolute atomic E-state index is 14.5. The van der Waals surface area contributed by atoms with Gasteiger partial charge < -0.3 is 0 Å². The summed E-state index contributed by atoms with van der Waals surface area (Å²) in [7, 11) is 0. The predicted molar refractivity (Wildman–Crippen MR) is 134 cm³/mol. The Balaban J connectivity index is 1.32. The van der Waals surface area contributed by atoms with Gasteiger partial charge in [-0.25, -0.2) is 8.78 Å². The van der Waals surface area contributed by atoms with Gasteiger partial charge in [0.2, 0.25) is 0 Å². The van der Waals surface area contributed by atoms with Gasteiger partial charge in [-0.2, -0.15) is 0 Å². The average Bonchev–Trinajstić information content (AvgIpc) is 2.84. The maximum Gasteiger partial charge on any atom is 0.130 e. The van der Waals surface area contributed by atoms with Crippen LogP contribution in [0.5, 0.6) is 0 Å². The highest BCUT2D eigenvalue weighted by atomic mass is 19.1. The molecule has 0 aliphatic heterocycles. The van der Waals surface area contributed by atoms with Crippen LogP contribution >= 0.6 is 0 Å². The molecular formula is C31H28F2. The van der Waals surface area contributed by atoms with Gasteiger partial charge in [-0.05, 0) is 71.2 Å². The molecule has 0 aromatic heterocycles. The molecule has 0 N–H and O–H groups in total. The first-order valence-corrected chi connectivity index (χ1v) is 11.4. The van der Waals surface area contributed by atoms with Crippen molar-refractivity contribution in [3.8, 4) is 0 Å². The summed E-state index contributed by atoms with van der Waals surface area (Å²) in [5.74, 6) is -0.0363. The molecule has 0 saturated carbocycles. The molecule has 0 bridgehead atoms. The Hall–Kier alpha value is -3.52. The molecule has 4 rings (SSSR count). The zero-order chi connectivity index (χ0) is 23.0. The van der Waals surface area contributed by atoms with Gasteiger partial charge in [0.25, 0.3) is 0 Å². The zero-order valence-corrected chi connectivity index (χ0v) is 18.8. The van der Waals surface area contributed by atoms with E-state index in [0.29, 0.717) is 11.5 Å². The second-order valence-corrected chi connectivity index (χ2v) is 8.57. The minimum Gasteiger partial charge on any atom is -0.207 e. The summed E-state index contributed by atoms with van der Waals surface area (Å²) in [5, 5.41) is 0. The number of hydrogen-bond donors (Lipinski definition) is 0. The molecule has 0 saturated heterocycles. The van der Waals surface area contributed by atoms with Crippen LogP contribution in [-0.4, -0.2) is 0 Å². The normalized spacial score (nSPS) is 12.2. The van der Waals surface area contributed by atoms with Crippen LogP contribution in [0.3, 0.4) is 0 Å². The minimum atomic E-state index is -0.279. The van der Waals surface area contributed by atoms with Gasteiger partial charge in [0.1, 0.15) is 11.6 Å². The van der Waals surface area contributed by atoms with Gasteiger partial charge in [-0.3, -0.25) is 0 Å². The summed E-state index contributed by atoms with van der Waals surface area (Å²) in [6.45, 7) is 2.26.